The van der Waals surface area contributed by atoms with E-state index in [9.17, 15) is 4.79 Å². The zero-order valence-electron chi connectivity index (χ0n) is 15.2. The number of hydrogen-bond donors (Lipinski definition) is 2. The number of thioether (sulfide) groups is 1. The van der Waals surface area contributed by atoms with Crippen molar-refractivity contribution in [3.05, 3.63) is 72.1 Å². The van der Waals surface area contributed by atoms with Gasteiger partial charge in [-0.25, -0.2) is 4.68 Å². The van der Waals surface area contributed by atoms with E-state index in [4.69, 9.17) is 10.6 Å². The Morgan fingerprint density at radius 1 is 1.07 bits per heavy atom. The first-order chi connectivity index (χ1) is 14.2. The number of nitrogen functional groups attached to an aromatic ring is 1. The van der Waals surface area contributed by atoms with E-state index in [0.29, 0.717) is 28.2 Å². The van der Waals surface area contributed by atoms with E-state index < -0.39 is 0 Å². The number of nitrogens with zero attached hydrogens (tertiary/aromatic N) is 3. The number of amides is 1. The van der Waals surface area contributed by atoms with Crippen LogP contribution in [-0.2, 0) is 4.79 Å². The number of hydrogen-bond acceptors (Lipinski definition) is 7. The Kier molecular flexibility index (Phi) is 5.78. The fourth-order valence-electron chi connectivity index (χ4n) is 2.54. The van der Waals surface area contributed by atoms with Crippen LogP contribution in [0, 0.1) is 0 Å². The topological polar surface area (TPSA) is 95.1 Å². The van der Waals surface area contributed by atoms with Crippen LogP contribution in [0.2, 0.25) is 0 Å². The third-order valence-corrected chi connectivity index (χ3v) is 5.68. The van der Waals surface area contributed by atoms with Crippen LogP contribution < -0.4 is 15.9 Å². The van der Waals surface area contributed by atoms with E-state index in [1.807, 2.05) is 60.0 Å². The third-order valence-electron chi connectivity index (χ3n) is 3.87. The number of benzene rings is 2. The molecule has 1 amide bonds. The molecule has 7 nitrogen and oxygen atoms in total. The Bertz CT molecular complexity index is 1100. The smallest absolute Gasteiger partial charge is 0.234 e. The molecule has 0 saturated carbocycles. The second-order valence-electron chi connectivity index (χ2n) is 5.90. The molecule has 0 saturated heterocycles. The summed E-state index contributed by atoms with van der Waals surface area (Å²) in [5.74, 6) is 7.85. The second-order valence-corrected chi connectivity index (χ2v) is 7.79. The van der Waals surface area contributed by atoms with Crippen LogP contribution in [0.4, 0.5) is 5.69 Å². The summed E-state index contributed by atoms with van der Waals surface area (Å²) in [6, 6.07) is 20.5. The summed E-state index contributed by atoms with van der Waals surface area (Å²) < 4.78 is 7.27. The van der Waals surface area contributed by atoms with Crippen molar-refractivity contribution in [2.24, 2.45) is 0 Å². The van der Waals surface area contributed by atoms with Crippen LogP contribution >= 0.6 is 23.1 Å². The molecule has 0 unspecified atom stereocenters. The first-order valence-corrected chi connectivity index (χ1v) is 10.6. The van der Waals surface area contributed by atoms with Crippen molar-refractivity contribution < 1.29 is 9.53 Å². The Balaban J connectivity index is 1.40. The number of anilines is 1. The summed E-state index contributed by atoms with van der Waals surface area (Å²) in [6.45, 7) is 0. The number of para-hydroxylation sites is 3. The summed E-state index contributed by atoms with van der Waals surface area (Å²) in [5.41, 5.74) is 0.593. The van der Waals surface area contributed by atoms with E-state index in [0.717, 1.165) is 4.88 Å². The van der Waals surface area contributed by atoms with Gasteiger partial charge in [0.05, 0.1) is 16.3 Å². The SMILES string of the molecule is Nn1c(SCC(=O)Nc2ccccc2Oc2ccccc2)nnc1-c1cccs1. The first kappa shape index (κ1) is 19.0. The molecule has 0 spiro atoms. The van der Waals surface area contributed by atoms with E-state index >= 15 is 0 Å². The van der Waals surface area contributed by atoms with Gasteiger partial charge in [0.25, 0.3) is 0 Å². The molecule has 3 N–H and O–H groups in total. The fourth-order valence-corrected chi connectivity index (χ4v) is 3.90. The maximum atomic E-state index is 12.5. The van der Waals surface area contributed by atoms with E-state index in [-0.39, 0.29) is 11.7 Å². The van der Waals surface area contributed by atoms with Gasteiger partial charge in [-0.2, -0.15) is 0 Å². The largest absolute Gasteiger partial charge is 0.455 e. The molecule has 0 aliphatic carbocycles. The number of nitrogens with one attached hydrogen (secondary N) is 1. The monoisotopic (exact) mass is 423 g/mol. The third kappa shape index (κ3) is 4.58. The van der Waals surface area contributed by atoms with Gasteiger partial charge in [0.2, 0.25) is 11.1 Å². The minimum absolute atomic E-state index is 0.138. The molecular formula is C20H17N5O2S2. The lowest BCUT2D eigenvalue weighted by Crippen LogP contribution is -2.16. The minimum Gasteiger partial charge on any atom is -0.455 e. The van der Waals surface area contributed by atoms with Crippen molar-refractivity contribution in [2.45, 2.75) is 5.16 Å². The second kappa shape index (κ2) is 8.80. The summed E-state index contributed by atoms with van der Waals surface area (Å²) in [6.07, 6.45) is 0. The molecule has 0 aliphatic rings. The number of ether oxygens (including phenoxy) is 1. The molecule has 0 radical (unpaired) electrons. The van der Waals surface area contributed by atoms with E-state index in [1.54, 1.807) is 12.1 Å². The number of carbonyl (C=O) groups excluding carboxylic acids is 1. The van der Waals surface area contributed by atoms with Crippen LogP contribution in [0.25, 0.3) is 10.7 Å². The van der Waals surface area contributed by atoms with Gasteiger partial charge in [0.15, 0.2) is 11.6 Å². The van der Waals surface area contributed by atoms with Crippen molar-refractivity contribution in [2.75, 3.05) is 16.9 Å². The number of carbonyl (C=O) groups is 1. The van der Waals surface area contributed by atoms with Gasteiger partial charge in [-0.05, 0) is 35.7 Å². The highest BCUT2D eigenvalue weighted by Crippen LogP contribution is 2.30. The van der Waals surface area contributed by atoms with E-state index in [2.05, 4.69) is 15.5 Å². The lowest BCUT2D eigenvalue weighted by molar-refractivity contribution is -0.113. The van der Waals surface area contributed by atoms with Gasteiger partial charge in [-0.15, -0.1) is 21.5 Å². The van der Waals surface area contributed by atoms with Gasteiger partial charge in [0, 0.05) is 0 Å². The van der Waals surface area contributed by atoms with E-state index in [1.165, 1.54) is 27.8 Å². The maximum absolute atomic E-state index is 12.5. The summed E-state index contributed by atoms with van der Waals surface area (Å²) in [4.78, 5) is 13.4. The zero-order chi connectivity index (χ0) is 20.1. The lowest BCUT2D eigenvalue weighted by atomic mass is 10.3. The van der Waals surface area contributed by atoms with Gasteiger partial charge in [-0.1, -0.05) is 48.2 Å². The molecule has 2 aromatic heterocycles. The molecular weight excluding hydrogens is 406 g/mol. The van der Waals surface area contributed by atoms with Crippen molar-refractivity contribution >= 4 is 34.7 Å². The minimum atomic E-state index is -0.195. The van der Waals surface area contributed by atoms with Crippen molar-refractivity contribution in [1.29, 1.82) is 0 Å². The van der Waals surface area contributed by atoms with Crippen molar-refractivity contribution in [3.8, 4) is 22.2 Å². The normalized spacial score (nSPS) is 10.6. The molecule has 29 heavy (non-hydrogen) atoms. The van der Waals surface area contributed by atoms with Crippen molar-refractivity contribution in [1.82, 2.24) is 14.9 Å². The average Bonchev–Trinajstić information content (AvgIpc) is 3.38. The summed E-state index contributed by atoms with van der Waals surface area (Å²) >= 11 is 2.74. The molecule has 4 aromatic rings. The highest BCUT2D eigenvalue weighted by molar-refractivity contribution is 7.99. The molecule has 9 heteroatoms. The molecule has 0 aliphatic heterocycles. The standard InChI is InChI=1S/C20H17N5O2S2/c21-25-19(17-11-6-12-28-17)23-24-20(25)29-13-18(26)22-15-9-4-5-10-16(15)27-14-7-2-1-3-8-14/h1-12H,13,21H2,(H,22,26). The van der Waals surface area contributed by atoms with Gasteiger partial charge in [-0.3, -0.25) is 4.79 Å². The predicted octanol–water partition coefficient (Wildman–Crippen LogP) is 4.24. The number of aromatic nitrogens is 3. The Hall–Kier alpha value is -3.30. The molecule has 0 atom stereocenters. The molecule has 2 heterocycles. The maximum Gasteiger partial charge on any atom is 0.234 e. The van der Waals surface area contributed by atoms with Crippen molar-refractivity contribution in [3.63, 3.8) is 0 Å². The number of rotatable bonds is 7. The molecule has 0 fully saturated rings. The Morgan fingerprint density at radius 3 is 2.66 bits per heavy atom. The fraction of sp³-hybridized carbons (Fsp3) is 0.0500. The quantitative estimate of drug-likeness (QED) is 0.341. The highest BCUT2D eigenvalue weighted by Gasteiger charge is 2.15. The predicted molar refractivity (Wildman–Crippen MR) is 116 cm³/mol. The van der Waals surface area contributed by atoms with Crippen LogP contribution in [0.1, 0.15) is 0 Å². The van der Waals surface area contributed by atoms with Crippen LogP contribution in [-0.4, -0.2) is 26.5 Å². The summed E-state index contributed by atoms with van der Waals surface area (Å²) in [5, 5.41) is 13.5. The van der Waals surface area contributed by atoms with Crippen LogP contribution in [0.5, 0.6) is 11.5 Å². The van der Waals surface area contributed by atoms with Gasteiger partial charge >= 0.3 is 0 Å². The van der Waals surface area contributed by atoms with Gasteiger partial charge in [0.1, 0.15) is 5.75 Å². The number of nitrogens with two attached hydrogens (primary N) is 1. The zero-order valence-corrected chi connectivity index (χ0v) is 16.8. The molecule has 2 aromatic carbocycles. The Labute approximate surface area is 175 Å². The summed E-state index contributed by atoms with van der Waals surface area (Å²) in [7, 11) is 0. The first-order valence-electron chi connectivity index (χ1n) is 8.69. The van der Waals surface area contributed by atoms with Crippen LogP contribution in [0.3, 0.4) is 0 Å². The molecule has 4 rings (SSSR count). The Morgan fingerprint density at radius 2 is 1.86 bits per heavy atom. The van der Waals surface area contributed by atoms with Gasteiger partial charge < -0.3 is 15.9 Å². The number of thiophene rings is 1. The highest BCUT2D eigenvalue weighted by atomic mass is 32.2. The molecule has 0 bridgehead atoms. The molecule has 146 valence electrons. The average molecular weight is 424 g/mol. The van der Waals surface area contributed by atoms with Crippen LogP contribution in [0.15, 0.2) is 77.3 Å². The lowest BCUT2D eigenvalue weighted by Gasteiger charge is -2.12.